The highest BCUT2D eigenvalue weighted by Crippen LogP contribution is 2.34. The molecule has 1 fully saturated rings. The Morgan fingerprint density at radius 2 is 1.57 bits per heavy atom. The summed E-state index contributed by atoms with van der Waals surface area (Å²) >= 11 is 0. The van der Waals surface area contributed by atoms with Crippen LogP contribution in [0.4, 0.5) is 0 Å². The quantitative estimate of drug-likeness (QED) is 0.0423. The zero-order valence-corrected chi connectivity index (χ0v) is 24.2. The molecule has 0 spiro atoms. The second-order valence-corrected chi connectivity index (χ2v) is 10.9. The van der Waals surface area contributed by atoms with E-state index in [1.807, 2.05) is 0 Å². The van der Waals surface area contributed by atoms with Crippen molar-refractivity contribution in [3.05, 3.63) is 0 Å². The average molecular weight is 582 g/mol. The molecular formula is C27H55N3O10. The summed E-state index contributed by atoms with van der Waals surface area (Å²) in [5, 5.41) is 49.5. The van der Waals surface area contributed by atoms with Crippen molar-refractivity contribution in [2.45, 2.75) is 115 Å². The number of amides is 1. The van der Waals surface area contributed by atoms with Gasteiger partial charge in [0, 0.05) is 26.1 Å². The lowest BCUT2D eigenvalue weighted by molar-refractivity contribution is -0.265. The van der Waals surface area contributed by atoms with Gasteiger partial charge in [0.1, 0.15) is 18.3 Å². The third-order valence-corrected chi connectivity index (χ3v) is 7.37. The van der Waals surface area contributed by atoms with Crippen molar-refractivity contribution in [1.82, 2.24) is 10.8 Å². The molecule has 0 aromatic carbocycles. The number of carbonyl (C=O) groups is 1. The lowest BCUT2D eigenvalue weighted by Gasteiger charge is -2.40. The topological polar surface area (TPSA) is 205 Å². The van der Waals surface area contributed by atoms with E-state index in [9.17, 15) is 20.1 Å². The smallest absolute Gasteiger partial charge is 0.220 e. The SMILES string of the molecule is CC(CCCO)(CCCOO)CCCONCCCCCCNC(=O)CCCOC1OC(CO)C(O)C(O)C1N. The summed E-state index contributed by atoms with van der Waals surface area (Å²) in [6.07, 6.45) is 5.52. The molecule has 1 aliphatic heterocycles. The molecule has 9 N–H and O–H groups in total. The Kier molecular flexibility index (Phi) is 20.9. The van der Waals surface area contributed by atoms with Crippen LogP contribution in [-0.4, -0.2) is 108 Å². The maximum Gasteiger partial charge on any atom is 0.220 e. The predicted octanol–water partition coefficient (Wildman–Crippen LogP) is 0.576. The van der Waals surface area contributed by atoms with Gasteiger partial charge in [-0.15, -0.1) is 0 Å². The van der Waals surface area contributed by atoms with Gasteiger partial charge in [-0.3, -0.25) is 10.1 Å². The van der Waals surface area contributed by atoms with Crippen LogP contribution in [0.2, 0.25) is 0 Å². The summed E-state index contributed by atoms with van der Waals surface area (Å²) in [6, 6.07) is -0.943. The standard InChI is InChI=1S/C27H55N3O10/c1-27(11-7-16-31,13-9-19-39-36)12-8-18-38-30-15-5-3-2-4-14-29-22(33)10-6-17-37-26-23(28)25(35)24(34)21(20-32)40-26/h21,23-26,30-32,34-36H,2-20,28H2,1H3,(H,29,33). The van der Waals surface area contributed by atoms with Crippen LogP contribution in [0, 0.1) is 5.41 Å². The van der Waals surface area contributed by atoms with Gasteiger partial charge in [-0.05, 0) is 63.2 Å². The Labute approximate surface area is 238 Å². The fourth-order valence-electron chi connectivity index (χ4n) is 4.84. The van der Waals surface area contributed by atoms with E-state index in [1.165, 1.54) is 0 Å². The van der Waals surface area contributed by atoms with Crippen molar-refractivity contribution in [3.8, 4) is 0 Å². The van der Waals surface area contributed by atoms with E-state index >= 15 is 0 Å². The summed E-state index contributed by atoms with van der Waals surface area (Å²) in [6.45, 7) is 4.47. The molecule has 0 radical (unpaired) electrons. The van der Waals surface area contributed by atoms with E-state index < -0.39 is 37.3 Å². The Balaban J connectivity index is 1.97. The van der Waals surface area contributed by atoms with Gasteiger partial charge in [0.15, 0.2) is 6.29 Å². The van der Waals surface area contributed by atoms with Crippen LogP contribution in [-0.2, 0) is 24.0 Å². The Bertz CT molecular complexity index is 633. The summed E-state index contributed by atoms with van der Waals surface area (Å²) in [4.78, 5) is 21.7. The second-order valence-electron chi connectivity index (χ2n) is 10.9. The maximum absolute atomic E-state index is 12.0. The van der Waals surface area contributed by atoms with E-state index in [1.54, 1.807) is 0 Å². The minimum Gasteiger partial charge on any atom is -0.396 e. The number of nitrogens with one attached hydrogen (secondary N) is 2. The highest BCUT2D eigenvalue weighted by molar-refractivity contribution is 5.75. The molecule has 6 unspecified atom stereocenters. The predicted molar refractivity (Wildman–Crippen MR) is 148 cm³/mol. The number of aliphatic hydroxyl groups excluding tert-OH is 4. The number of hydrogen-bond donors (Lipinski definition) is 8. The van der Waals surface area contributed by atoms with Gasteiger partial charge < -0.3 is 45.8 Å². The molecular weight excluding hydrogens is 526 g/mol. The fourth-order valence-corrected chi connectivity index (χ4v) is 4.84. The van der Waals surface area contributed by atoms with Crippen molar-refractivity contribution in [2.24, 2.45) is 11.1 Å². The molecule has 0 saturated carbocycles. The highest BCUT2D eigenvalue weighted by atomic mass is 17.1. The first-order chi connectivity index (χ1) is 19.3. The lowest BCUT2D eigenvalue weighted by atomic mass is 9.77. The van der Waals surface area contributed by atoms with Gasteiger partial charge in [-0.2, -0.15) is 0 Å². The molecule has 1 heterocycles. The van der Waals surface area contributed by atoms with Crippen molar-refractivity contribution < 1.29 is 49.7 Å². The monoisotopic (exact) mass is 581 g/mol. The maximum atomic E-state index is 12.0. The zero-order chi connectivity index (χ0) is 29.6. The molecule has 13 nitrogen and oxygen atoms in total. The third kappa shape index (κ3) is 15.9. The summed E-state index contributed by atoms with van der Waals surface area (Å²) in [5.41, 5.74) is 8.94. The number of aliphatic hydroxyl groups is 4. The molecule has 1 amide bonds. The van der Waals surface area contributed by atoms with E-state index in [0.717, 1.165) is 70.8 Å². The number of ether oxygens (including phenoxy) is 2. The second kappa shape index (κ2) is 22.6. The molecule has 0 aliphatic carbocycles. The minimum atomic E-state index is -1.28. The van der Waals surface area contributed by atoms with Crippen LogP contribution in [0.25, 0.3) is 0 Å². The first kappa shape index (κ1) is 37.1. The number of rotatable bonds is 25. The van der Waals surface area contributed by atoms with Gasteiger partial charge >= 0.3 is 0 Å². The van der Waals surface area contributed by atoms with Gasteiger partial charge in [0.25, 0.3) is 0 Å². The largest absolute Gasteiger partial charge is 0.396 e. The molecule has 0 bridgehead atoms. The molecule has 1 aliphatic rings. The van der Waals surface area contributed by atoms with E-state index in [2.05, 4.69) is 22.6 Å². The van der Waals surface area contributed by atoms with E-state index in [4.69, 9.17) is 30.4 Å². The number of hydroxylamine groups is 1. The number of hydrogen-bond acceptors (Lipinski definition) is 12. The number of nitrogens with two attached hydrogens (primary N) is 1. The van der Waals surface area contributed by atoms with Crippen LogP contribution in [0.15, 0.2) is 0 Å². The molecule has 0 aromatic heterocycles. The number of carbonyl (C=O) groups excluding carboxylic acids is 1. The minimum absolute atomic E-state index is 0.0644. The fraction of sp³-hybridized carbons (Fsp3) is 0.963. The molecule has 0 aromatic rings. The summed E-state index contributed by atoms with van der Waals surface area (Å²) < 4.78 is 10.9. The van der Waals surface area contributed by atoms with Crippen molar-refractivity contribution in [1.29, 1.82) is 0 Å². The van der Waals surface area contributed by atoms with E-state index in [-0.39, 0.29) is 31.0 Å². The normalized spacial score (nSPS) is 24.6. The Morgan fingerprint density at radius 1 is 0.900 bits per heavy atom. The van der Waals surface area contributed by atoms with Crippen LogP contribution in [0.3, 0.4) is 0 Å². The summed E-state index contributed by atoms with van der Waals surface area (Å²) in [5.74, 6) is -0.0644. The molecule has 238 valence electrons. The van der Waals surface area contributed by atoms with Gasteiger partial charge in [-0.25, -0.2) is 10.4 Å². The molecule has 1 rings (SSSR count). The number of unbranched alkanes of at least 4 members (excludes halogenated alkanes) is 3. The van der Waals surface area contributed by atoms with Crippen molar-refractivity contribution in [2.75, 3.05) is 46.1 Å². The Morgan fingerprint density at radius 3 is 2.25 bits per heavy atom. The Hall–Kier alpha value is -0.970. The average Bonchev–Trinajstić information content (AvgIpc) is 2.94. The lowest BCUT2D eigenvalue weighted by Crippen LogP contribution is -2.62. The third-order valence-electron chi connectivity index (χ3n) is 7.37. The van der Waals surface area contributed by atoms with Crippen LogP contribution >= 0.6 is 0 Å². The van der Waals surface area contributed by atoms with Crippen molar-refractivity contribution in [3.63, 3.8) is 0 Å². The van der Waals surface area contributed by atoms with E-state index in [0.29, 0.717) is 26.2 Å². The highest BCUT2D eigenvalue weighted by Gasteiger charge is 2.42. The zero-order valence-electron chi connectivity index (χ0n) is 24.2. The molecule has 40 heavy (non-hydrogen) atoms. The van der Waals surface area contributed by atoms with Gasteiger partial charge in [0.2, 0.25) is 5.91 Å². The van der Waals surface area contributed by atoms with Crippen LogP contribution in [0.5, 0.6) is 0 Å². The first-order valence-corrected chi connectivity index (χ1v) is 14.8. The van der Waals surface area contributed by atoms with Crippen LogP contribution in [0.1, 0.15) is 84.0 Å². The van der Waals surface area contributed by atoms with Crippen molar-refractivity contribution >= 4 is 5.91 Å². The van der Waals surface area contributed by atoms with Crippen LogP contribution < -0.4 is 16.5 Å². The molecule has 1 saturated heterocycles. The van der Waals surface area contributed by atoms with Gasteiger partial charge in [-0.1, -0.05) is 19.8 Å². The molecule has 6 atom stereocenters. The summed E-state index contributed by atoms with van der Waals surface area (Å²) in [7, 11) is 0. The molecule has 13 heteroatoms. The van der Waals surface area contributed by atoms with Gasteiger partial charge in [0.05, 0.1) is 32.5 Å². The first-order valence-electron chi connectivity index (χ1n) is 14.8.